The molecule has 1 aliphatic heterocycles. The molecule has 1 aliphatic carbocycles. The molecule has 1 aromatic rings. The number of rotatable bonds is 8. The minimum Gasteiger partial charge on any atom is -0.385 e. The molecule has 0 saturated heterocycles. The molecule has 0 spiro atoms. The highest BCUT2D eigenvalue weighted by atomic mass is 127. The van der Waals surface area contributed by atoms with Crippen LogP contribution in [0, 0.1) is 5.41 Å². The standard InChI is InChI=1S/C22H34N4O.HI/c1-23-21(25-18-22(12-15-27-2)10-3-4-11-22)24-17-19-8-7-9-20(16-19)26-13-5-6-14-26;/h5-9,16H,3-4,10-15,17-18H2,1-2H3,(H2,23,24,25);1H. The van der Waals surface area contributed by atoms with Crippen molar-refractivity contribution in [1.29, 1.82) is 0 Å². The molecule has 0 radical (unpaired) electrons. The molecular formula is C22H35IN4O. The number of methoxy groups -OCH3 is 1. The predicted molar refractivity (Wildman–Crippen MR) is 129 cm³/mol. The summed E-state index contributed by atoms with van der Waals surface area (Å²) in [6, 6.07) is 8.76. The van der Waals surface area contributed by atoms with Gasteiger partial charge in [0.15, 0.2) is 5.96 Å². The summed E-state index contributed by atoms with van der Waals surface area (Å²) < 4.78 is 5.34. The average molecular weight is 498 g/mol. The van der Waals surface area contributed by atoms with Gasteiger partial charge in [-0.2, -0.15) is 0 Å². The van der Waals surface area contributed by atoms with Crippen LogP contribution in [0.25, 0.3) is 0 Å². The number of halogens is 1. The van der Waals surface area contributed by atoms with Crippen molar-refractivity contribution in [1.82, 2.24) is 10.6 Å². The molecule has 6 heteroatoms. The van der Waals surface area contributed by atoms with Crippen molar-refractivity contribution in [2.45, 2.75) is 38.6 Å². The second-order valence-corrected chi connectivity index (χ2v) is 7.78. The Kier molecular flexibility index (Phi) is 9.58. The van der Waals surface area contributed by atoms with Gasteiger partial charge in [0, 0.05) is 52.6 Å². The Bertz CT molecular complexity index is 648. The van der Waals surface area contributed by atoms with Crippen molar-refractivity contribution >= 4 is 35.6 Å². The second kappa shape index (κ2) is 11.7. The van der Waals surface area contributed by atoms with E-state index in [9.17, 15) is 0 Å². The Morgan fingerprint density at radius 3 is 2.61 bits per heavy atom. The number of hydrogen-bond acceptors (Lipinski definition) is 3. The first-order valence-electron chi connectivity index (χ1n) is 10.2. The maximum absolute atomic E-state index is 5.34. The first-order valence-corrected chi connectivity index (χ1v) is 10.2. The largest absolute Gasteiger partial charge is 0.385 e. The summed E-state index contributed by atoms with van der Waals surface area (Å²) in [5.74, 6) is 0.881. The molecule has 0 aromatic heterocycles. The summed E-state index contributed by atoms with van der Waals surface area (Å²) in [5.41, 5.74) is 2.92. The van der Waals surface area contributed by atoms with Gasteiger partial charge in [0.05, 0.1) is 0 Å². The van der Waals surface area contributed by atoms with Gasteiger partial charge in [-0.25, -0.2) is 0 Å². The van der Waals surface area contributed by atoms with E-state index in [4.69, 9.17) is 4.74 Å². The van der Waals surface area contributed by atoms with Crippen LogP contribution in [0.1, 0.15) is 37.7 Å². The zero-order valence-electron chi connectivity index (χ0n) is 17.2. The van der Waals surface area contributed by atoms with Gasteiger partial charge in [-0.1, -0.05) is 37.1 Å². The molecule has 0 atom stereocenters. The van der Waals surface area contributed by atoms with Crippen molar-refractivity contribution in [3.8, 4) is 0 Å². The summed E-state index contributed by atoms with van der Waals surface area (Å²) in [4.78, 5) is 6.79. The van der Waals surface area contributed by atoms with Gasteiger partial charge >= 0.3 is 0 Å². The number of benzene rings is 1. The Morgan fingerprint density at radius 2 is 1.93 bits per heavy atom. The number of ether oxygens (including phenoxy) is 1. The normalized spacial score (nSPS) is 18.2. The molecule has 0 bridgehead atoms. The number of guanidine groups is 1. The van der Waals surface area contributed by atoms with Crippen molar-refractivity contribution < 1.29 is 4.74 Å². The van der Waals surface area contributed by atoms with Crippen molar-refractivity contribution in [2.75, 3.05) is 45.3 Å². The smallest absolute Gasteiger partial charge is 0.191 e. The average Bonchev–Trinajstić information content (AvgIpc) is 3.40. The fourth-order valence-electron chi connectivity index (χ4n) is 4.19. The monoisotopic (exact) mass is 498 g/mol. The molecule has 1 fully saturated rings. The van der Waals surface area contributed by atoms with Crippen LogP contribution in [0.5, 0.6) is 0 Å². The van der Waals surface area contributed by atoms with E-state index in [0.29, 0.717) is 5.41 Å². The lowest BCUT2D eigenvalue weighted by molar-refractivity contribution is 0.138. The molecule has 1 heterocycles. The third-order valence-electron chi connectivity index (χ3n) is 5.91. The van der Waals surface area contributed by atoms with Crippen LogP contribution < -0.4 is 15.5 Å². The van der Waals surface area contributed by atoms with Gasteiger partial charge in [-0.3, -0.25) is 4.99 Å². The summed E-state index contributed by atoms with van der Waals surface area (Å²) in [6.45, 7) is 4.59. The van der Waals surface area contributed by atoms with Crippen LogP contribution in [0.2, 0.25) is 0 Å². The molecule has 0 amide bonds. The Balaban J connectivity index is 0.00000280. The van der Waals surface area contributed by atoms with Crippen LogP contribution in [-0.2, 0) is 11.3 Å². The maximum atomic E-state index is 5.34. The van der Waals surface area contributed by atoms with Gasteiger partial charge < -0.3 is 20.3 Å². The lowest BCUT2D eigenvalue weighted by Crippen LogP contribution is -2.43. The van der Waals surface area contributed by atoms with E-state index in [0.717, 1.165) is 45.2 Å². The fourth-order valence-corrected chi connectivity index (χ4v) is 4.19. The summed E-state index contributed by atoms with van der Waals surface area (Å²) in [5, 5.41) is 7.04. The molecule has 28 heavy (non-hydrogen) atoms. The Labute approximate surface area is 187 Å². The highest BCUT2D eigenvalue weighted by molar-refractivity contribution is 14.0. The van der Waals surface area contributed by atoms with Crippen LogP contribution in [-0.4, -0.2) is 46.4 Å². The van der Waals surface area contributed by atoms with E-state index in [-0.39, 0.29) is 24.0 Å². The van der Waals surface area contributed by atoms with E-state index in [1.165, 1.54) is 36.9 Å². The number of hydrogen-bond donors (Lipinski definition) is 2. The number of nitrogens with one attached hydrogen (secondary N) is 2. The summed E-state index contributed by atoms with van der Waals surface area (Å²) in [6.07, 6.45) is 10.8. The number of nitrogens with zero attached hydrogens (tertiary/aromatic N) is 2. The maximum Gasteiger partial charge on any atom is 0.191 e. The van der Waals surface area contributed by atoms with E-state index < -0.39 is 0 Å². The summed E-state index contributed by atoms with van der Waals surface area (Å²) >= 11 is 0. The number of anilines is 1. The lowest BCUT2D eigenvalue weighted by atomic mass is 9.83. The summed E-state index contributed by atoms with van der Waals surface area (Å²) in [7, 11) is 3.64. The predicted octanol–water partition coefficient (Wildman–Crippen LogP) is 3.94. The Morgan fingerprint density at radius 1 is 1.18 bits per heavy atom. The second-order valence-electron chi connectivity index (χ2n) is 7.78. The van der Waals surface area contributed by atoms with Gasteiger partial charge in [-0.05, 0) is 42.4 Å². The molecule has 1 saturated carbocycles. The minimum atomic E-state index is 0. The molecule has 2 aliphatic rings. The van der Waals surface area contributed by atoms with Crippen LogP contribution in [0.3, 0.4) is 0 Å². The van der Waals surface area contributed by atoms with Gasteiger partial charge in [0.25, 0.3) is 0 Å². The van der Waals surface area contributed by atoms with Gasteiger partial charge in [0.1, 0.15) is 0 Å². The highest BCUT2D eigenvalue weighted by Gasteiger charge is 2.33. The molecule has 2 N–H and O–H groups in total. The van der Waals surface area contributed by atoms with E-state index in [2.05, 4.69) is 56.9 Å². The molecular weight excluding hydrogens is 463 g/mol. The SMILES string of the molecule is CN=C(NCc1cccc(N2CC=CC2)c1)NCC1(CCOC)CCCC1.I. The third kappa shape index (κ3) is 6.37. The molecule has 0 unspecified atom stereocenters. The first-order chi connectivity index (χ1) is 13.2. The fraction of sp³-hybridized carbons (Fsp3) is 0.591. The molecule has 1 aromatic carbocycles. The van der Waals surface area contributed by atoms with Crippen LogP contribution >= 0.6 is 24.0 Å². The van der Waals surface area contributed by atoms with Crippen molar-refractivity contribution in [3.05, 3.63) is 42.0 Å². The van der Waals surface area contributed by atoms with Crippen molar-refractivity contribution in [3.63, 3.8) is 0 Å². The van der Waals surface area contributed by atoms with Gasteiger partial charge in [0.2, 0.25) is 0 Å². The first kappa shape index (κ1) is 23.0. The molecule has 156 valence electrons. The third-order valence-corrected chi connectivity index (χ3v) is 5.91. The zero-order chi connectivity index (χ0) is 19.0. The lowest BCUT2D eigenvalue weighted by Gasteiger charge is -2.30. The Hall–Kier alpha value is -1.28. The zero-order valence-corrected chi connectivity index (χ0v) is 19.6. The minimum absolute atomic E-state index is 0. The topological polar surface area (TPSA) is 48.9 Å². The van der Waals surface area contributed by atoms with E-state index >= 15 is 0 Å². The molecule has 3 rings (SSSR count). The van der Waals surface area contributed by atoms with Crippen LogP contribution in [0.15, 0.2) is 41.4 Å². The van der Waals surface area contributed by atoms with Crippen LogP contribution in [0.4, 0.5) is 5.69 Å². The molecule has 5 nitrogen and oxygen atoms in total. The van der Waals surface area contributed by atoms with E-state index in [1.54, 1.807) is 7.11 Å². The quantitative estimate of drug-likeness (QED) is 0.247. The number of aliphatic imine (C=N–C) groups is 1. The van der Waals surface area contributed by atoms with Gasteiger partial charge in [-0.15, -0.1) is 24.0 Å². The van der Waals surface area contributed by atoms with Crippen molar-refractivity contribution in [2.24, 2.45) is 10.4 Å². The highest BCUT2D eigenvalue weighted by Crippen LogP contribution is 2.40. The van der Waals surface area contributed by atoms with E-state index in [1.807, 2.05) is 7.05 Å².